The van der Waals surface area contributed by atoms with Crippen LogP contribution in [0.3, 0.4) is 0 Å². The van der Waals surface area contributed by atoms with Crippen molar-refractivity contribution >= 4 is 5.91 Å². The van der Waals surface area contributed by atoms with Gasteiger partial charge in [-0.25, -0.2) is 0 Å². The zero-order valence-corrected chi connectivity index (χ0v) is 10.4. The van der Waals surface area contributed by atoms with Gasteiger partial charge < -0.3 is 10.6 Å². The number of amides is 1. The second kappa shape index (κ2) is 5.32. The van der Waals surface area contributed by atoms with Crippen LogP contribution in [0.15, 0.2) is 24.3 Å². The number of rotatable bonds is 4. The SMILES string of the molecule is CN(C(=O)Cc1ccc(CN)cc1)C1CCC1. The van der Waals surface area contributed by atoms with Crippen molar-refractivity contribution in [1.82, 2.24) is 4.90 Å². The smallest absolute Gasteiger partial charge is 0.226 e. The average Bonchev–Trinajstić information content (AvgIpc) is 2.27. The second-order valence-corrected chi connectivity index (χ2v) is 4.79. The van der Waals surface area contributed by atoms with Gasteiger partial charge in [0.1, 0.15) is 0 Å². The van der Waals surface area contributed by atoms with E-state index in [1.165, 1.54) is 6.42 Å². The molecule has 1 aliphatic carbocycles. The van der Waals surface area contributed by atoms with E-state index in [0.717, 1.165) is 24.0 Å². The van der Waals surface area contributed by atoms with Crippen molar-refractivity contribution < 1.29 is 4.79 Å². The first-order valence-electron chi connectivity index (χ1n) is 6.24. The van der Waals surface area contributed by atoms with Crippen molar-refractivity contribution in [3.63, 3.8) is 0 Å². The molecule has 0 aliphatic heterocycles. The summed E-state index contributed by atoms with van der Waals surface area (Å²) in [6, 6.07) is 8.45. The molecule has 0 bridgehead atoms. The fraction of sp³-hybridized carbons (Fsp3) is 0.500. The molecule has 0 radical (unpaired) electrons. The molecule has 0 unspecified atom stereocenters. The van der Waals surface area contributed by atoms with Crippen LogP contribution in [-0.4, -0.2) is 23.9 Å². The first-order valence-corrected chi connectivity index (χ1v) is 6.24. The average molecular weight is 232 g/mol. The molecule has 1 amide bonds. The Morgan fingerprint density at radius 1 is 1.29 bits per heavy atom. The number of hydrogen-bond donors (Lipinski definition) is 1. The van der Waals surface area contributed by atoms with Crippen LogP contribution in [0.25, 0.3) is 0 Å². The quantitative estimate of drug-likeness (QED) is 0.859. The minimum absolute atomic E-state index is 0.218. The van der Waals surface area contributed by atoms with E-state index in [-0.39, 0.29) is 5.91 Å². The Hall–Kier alpha value is -1.35. The van der Waals surface area contributed by atoms with Crippen LogP contribution in [0.4, 0.5) is 0 Å². The first kappa shape index (κ1) is 12.1. The van der Waals surface area contributed by atoms with E-state index in [1.807, 2.05) is 36.2 Å². The lowest BCUT2D eigenvalue weighted by Crippen LogP contribution is -2.42. The van der Waals surface area contributed by atoms with Crippen molar-refractivity contribution in [3.05, 3.63) is 35.4 Å². The first-order chi connectivity index (χ1) is 8.20. The molecule has 0 heterocycles. The molecular weight excluding hydrogens is 212 g/mol. The van der Waals surface area contributed by atoms with Gasteiger partial charge in [-0.1, -0.05) is 24.3 Å². The number of likely N-dealkylation sites (N-methyl/N-ethyl adjacent to an activating group) is 1. The fourth-order valence-corrected chi connectivity index (χ4v) is 2.07. The zero-order valence-electron chi connectivity index (χ0n) is 10.4. The summed E-state index contributed by atoms with van der Waals surface area (Å²) in [5.74, 6) is 0.218. The number of hydrogen-bond acceptors (Lipinski definition) is 2. The van der Waals surface area contributed by atoms with E-state index >= 15 is 0 Å². The Kier molecular flexibility index (Phi) is 3.79. The third-order valence-electron chi connectivity index (χ3n) is 3.63. The molecule has 1 aromatic rings. The van der Waals surface area contributed by atoms with Gasteiger partial charge in [-0.05, 0) is 30.4 Å². The lowest BCUT2D eigenvalue weighted by Gasteiger charge is -2.34. The van der Waals surface area contributed by atoms with Gasteiger partial charge in [0.15, 0.2) is 0 Å². The van der Waals surface area contributed by atoms with Gasteiger partial charge in [-0.2, -0.15) is 0 Å². The molecule has 2 rings (SSSR count). The van der Waals surface area contributed by atoms with E-state index in [9.17, 15) is 4.79 Å². The van der Waals surface area contributed by atoms with Crippen molar-refractivity contribution in [1.29, 1.82) is 0 Å². The number of nitrogens with two attached hydrogens (primary N) is 1. The van der Waals surface area contributed by atoms with E-state index in [0.29, 0.717) is 19.0 Å². The summed E-state index contributed by atoms with van der Waals surface area (Å²) in [6.07, 6.45) is 4.08. The van der Waals surface area contributed by atoms with Crippen LogP contribution in [0.2, 0.25) is 0 Å². The van der Waals surface area contributed by atoms with Gasteiger partial charge in [-0.3, -0.25) is 4.79 Å². The van der Waals surface area contributed by atoms with Crippen LogP contribution < -0.4 is 5.73 Å². The second-order valence-electron chi connectivity index (χ2n) is 4.79. The molecule has 0 saturated heterocycles. The largest absolute Gasteiger partial charge is 0.342 e. The lowest BCUT2D eigenvalue weighted by molar-refractivity contribution is -0.132. The molecule has 17 heavy (non-hydrogen) atoms. The Balaban J connectivity index is 1.92. The predicted molar refractivity (Wildman–Crippen MR) is 68.4 cm³/mol. The molecule has 3 nitrogen and oxygen atoms in total. The van der Waals surface area contributed by atoms with Crippen molar-refractivity contribution in [2.24, 2.45) is 5.73 Å². The summed E-state index contributed by atoms with van der Waals surface area (Å²) in [7, 11) is 1.92. The summed E-state index contributed by atoms with van der Waals surface area (Å²) in [6.45, 7) is 0.552. The van der Waals surface area contributed by atoms with Crippen molar-refractivity contribution in [3.8, 4) is 0 Å². The van der Waals surface area contributed by atoms with Gasteiger partial charge in [-0.15, -0.1) is 0 Å². The molecule has 3 heteroatoms. The number of carbonyl (C=O) groups excluding carboxylic acids is 1. The Morgan fingerprint density at radius 3 is 2.35 bits per heavy atom. The van der Waals surface area contributed by atoms with Crippen LogP contribution >= 0.6 is 0 Å². The summed E-state index contributed by atoms with van der Waals surface area (Å²) >= 11 is 0. The van der Waals surface area contributed by atoms with Gasteiger partial charge in [0.2, 0.25) is 5.91 Å². The van der Waals surface area contributed by atoms with Gasteiger partial charge >= 0.3 is 0 Å². The summed E-state index contributed by atoms with van der Waals surface area (Å²) in [5, 5.41) is 0. The Morgan fingerprint density at radius 2 is 1.88 bits per heavy atom. The molecular formula is C14H20N2O. The number of carbonyl (C=O) groups is 1. The van der Waals surface area contributed by atoms with Crippen molar-refractivity contribution in [2.75, 3.05) is 7.05 Å². The highest BCUT2D eigenvalue weighted by Gasteiger charge is 2.25. The maximum atomic E-state index is 12.0. The predicted octanol–water partition coefficient (Wildman–Crippen LogP) is 1.70. The minimum Gasteiger partial charge on any atom is -0.342 e. The zero-order chi connectivity index (χ0) is 12.3. The maximum Gasteiger partial charge on any atom is 0.226 e. The van der Waals surface area contributed by atoms with Crippen LogP contribution in [-0.2, 0) is 17.8 Å². The number of nitrogens with zero attached hydrogens (tertiary/aromatic N) is 1. The Labute approximate surface area is 103 Å². The molecule has 0 spiro atoms. The fourth-order valence-electron chi connectivity index (χ4n) is 2.07. The number of benzene rings is 1. The van der Waals surface area contributed by atoms with Gasteiger partial charge in [0, 0.05) is 19.6 Å². The van der Waals surface area contributed by atoms with Crippen LogP contribution in [0.5, 0.6) is 0 Å². The molecule has 1 saturated carbocycles. The third kappa shape index (κ3) is 2.86. The highest BCUT2D eigenvalue weighted by molar-refractivity contribution is 5.78. The normalized spacial score (nSPS) is 15.4. The Bertz CT molecular complexity index is 382. The molecule has 0 atom stereocenters. The van der Waals surface area contributed by atoms with Gasteiger partial charge in [0.05, 0.1) is 6.42 Å². The highest BCUT2D eigenvalue weighted by atomic mass is 16.2. The van der Waals surface area contributed by atoms with Crippen LogP contribution in [0.1, 0.15) is 30.4 Å². The molecule has 92 valence electrons. The van der Waals surface area contributed by atoms with Gasteiger partial charge in [0.25, 0.3) is 0 Å². The maximum absolute atomic E-state index is 12.0. The van der Waals surface area contributed by atoms with E-state index in [1.54, 1.807) is 0 Å². The summed E-state index contributed by atoms with van der Waals surface area (Å²) < 4.78 is 0. The topological polar surface area (TPSA) is 46.3 Å². The van der Waals surface area contributed by atoms with E-state index in [4.69, 9.17) is 5.73 Å². The minimum atomic E-state index is 0.218. The summed E-state index contributed by atoms with van der Waals surface area (Å²) in [4.78, 5) is 13.9. The summed E-state index contributed by atoms with van der Waals surface area (Å²) in [5.41, 5.74) is 7.71. The monoisotopic (exact) mass is 232 g/mol. The van der Waals surface area contributed by atoms with E-state index in [2.05, 4.69) is 0 Å². The molecule has 0 aromatic heterocycles. The van der Waals surface area contributed by atoms with E-state index < -0.39 is 0 Å². The standard InChI is InChI=1S/C14H20N2O/c1-16(13-3-2-4-13)14(17)9-11-5-7-12(10-15)8-6-11/h5-8,13H,2-4,9-10,15H2,1H3. The third-order valence-corrected chi connectivity index (χ3v) is 3.63. The van der Waals surface area contributed by atoms with Crippen molar-refractivity contribution in [2.45, 2.75) is 38.3 Å². The molecule has 1 aliphatic rings. The lowest BCUT2D eigenvalue weighted by atomic mass is 9.91. The molecule has 2 N–H and O–H groups in total. The highest BCUT2D eigenvalue weighted by Crippen LogP contribution is 2.24. The van der Waals surface area contributed by atoms with Crippen LogP contribution in [0, 0.1) is 0 Å². The molecule has 1 fully saturated rings. The molecule has 1 aromatic carbocycles.